The van der Waals surface area contributed by atoms with E-state index >= 15 is 0 Å². The molecule has 0 bridgehead atoms. The maximum absolute atomic E-state index is 12.9. The number of sulfonamides is 1. The van der Waals surface area contributed by atoms with Gasteiger partial charge < -0.3 is 9.32 Å². The maximum atomic E-state index is 12.9. The normalized spacial score (nSPS) is 15.8. The van der Waals surface area contributed by atoms with E-state index < -0.39 is 21.8 Å². The van der Waals surface area contributed by atoms with Gasteiger partial charge in [0.1, 0.15) is 5.69 Å². The third-order valence-corrected chi connectivity index (χ3v) is 7.97. The number of hydrogen-bond acceptors (Lipinski definition) is 6. The summed E-state index contributed by atoms with van der Waals surface area (Å²) >= 11 is 1.33. The van der Waals surface area contributed by atoms with Crippen molar-refractivity contribution in [2.24, 2.45) is 0 Å². The minimum absolute atomic E-state index is 0.0311. The lowest BCUT2D eigenvalue weighted by molar-refractivity contribution is -0.137. The van der Waals surface area contributed by atoms with Gasteiger partial charge in [-0.25, -0.2) is 13.4 Å². The molecule has 1 aliphatic heterocycles. The molecule has 0 spiro atoms. The number of alkyl halides is 3. The van der Waals surface area contributed by atoms with Gasteiger partial charge in [0.05, 0.1) is 16.7 Å². The van der Waals surface area contributed by atoms with Crippen LogP contribution in [0.3, 0.4) is 0 Å². The first-order valence-electron chi connectivity index (χ1n) is 9.55. The highest BCUT2D eigenvalue weighted by Gasteiger charge is 2.34. The number of aryl methyl sites for hydroxylation is 1. The number of benzene rings is 1. The molecule has 1 saturated heterocycles. The number of rotatable bonds is 4. The van der Waals surface area contributed by atoms with E-state index in [9.17, 15) is 26.4 Å². The lowest BCUT2D eigenvalue weighted by Crippen LogP contribution is -2.50. The number of aromatic nitrogens is 1. The number of hydrogen-bond donors (Lipinski definition) is 0. The number of piperazine rings is 1. The second-order valence-corrected chi connectivity index (χ2v) is 10.3. The third-order valence-electron chi connectivity index (χ3n) is 5.08. The Labute approximate surface area is 186 Å². The fourth-order valence-corrected chi connectivity index (χ4v) is 5.64. The largest absolute Gasteiger partial charge is 0.462 e. The van der Waals surface area contributed by atoms with Gasteiger partial charge in [0.15, 0.2) is 10.8 Å². The summed E-state index contributed by atoms with van der Waals surface area (Å²) in [5.41, 5.74) is -0.625. The van der Waals surface area contributed by atoms with Crippen molar-refractivity contribution in [2.45, 2.75) is 18.0 Å². The van der Waals surface area contributed by atoms with Crippen LogP contribution in [0.4, 0.5) is 13.2 Å². The van der Waals surface area contributed by atoms with Crippen LogP contribution in [-0.2, 0) is 16.2 Å². The predicted octanol–water partition coefficient (Wildman–Crippen LogP) is 3.88. The Bertz CT molecular complexity index is 1210. The second-order valence-electron chi connectivity index (χ2n) is 7.12. The first kappa shape index (κ1) is 22.5. The van der Waals surface area contributed by atoms with Crippen LogP contribution in [0.5, 0.6) is 0 Å². The SMILES string of the molecule is Cc1sc(-c2ccco2)nc1C(=O)N1CCN(S(=O)(=O)c2ccc(C(F)(F)F)cc2)CC1. The number of halogens is 3. The lowest BCUT2D eigenvalue weighted by Gasteiger charge is -2.33. The van der Waals surface area contributed by atoms with Gasteiger partial charge in [-0.2, -0.15) is 17.5 Å². The van der Waals surface area contributed by atoms with Gasteiger partial charge in [0.25, 0.3) is 5.91 Å². The molecule has 170 valence electrons. The molecule has 0 atom stereocenters. The smallest absolute Gasteiger partial charge is 0.416 e. The molecule has 32 heavy (non-hydrogen) atoms. The zero-order valence-corrected chi connectivity index (χ0v) is 18.4. The fourth-order valence-electron chi connectivity index (χ4n) is 3.35. The summed E-state index contributed by atoms with van der Waals surface area (Å²) in [5.74, 6) is 0.257. The van der Waals surface area contributed by atoms with Gasteiger partial charge in [0.2, 0.25) is 10.0 Å². The highest BCUT2D eigenvalue weighted by Crippen LogP contribution is 2.31. The Kier molecular flexibility index (Phi) is 5.86. The summed E-state index contributed by atoms with van der Waals surface area (Å²) < 4.78 is 70.3. The fraction of sp³-hybridized carbons (Fsp3) is 0.300. The first-order valence-corrected chi connectivity index (χ1v) is 11.8. The number of carbonyl (C=O) groups excluding carboxylic acids is 1. The lowest BCUT2D eigenvalue weighted by atomic mass is 10.2. The molecule has 1 amide bonds. The third kappa shape index (κ3) is 4.30. The zero-order chi connectivity index (χ0) is 23.1. The number of thiazole rings is 1. The topological polar surface area (TPSA) is 83.7 Å². The van der Waals surface area contributed by atoms with Crippen LogP contribution in [0.25, 0.3) is 10.8 Å². The minimum atomic E-state index is -4.54. The number of furan rings is 1. The Morgan fingerprint density at radius 1 is 1.09 bits per heavy atom. The molecule has 2 aromatic heterocycles. The van der Waals surface area contributed by atoms with Gasteiger partial charge in [-0.1, -0.05) is 0 Å². The minimum Gasteiger partial charge on any atom is -0.462 e. The van der Waals surface area contributed by atoms with E-state index in [-0.39, 0.29) is 37.0 Å². The van der Waals surface area contributed by atoms with Gasteiger partial charge in [-0.3, -0.25) is 4.79 Å². The maximum Gasteiger partial charge on any atom is 0.416 e. The van der Waals surface area contributed by atoms with E-state index in [1.165, 1.54) is 26.8 Å². The molecule has 0 radical (unpaired) electrons. The average Bonchev–Trinajstić information content (AvgIpc) is 3.42. The van der Waals surface area contributed by atoms with Crippen molar-refractivity contribution in [1.29, 1.82) is 0 Å². The van der Waals surface area contributed by atoms with Crippen molar-refractivity contribution in [3.63, 3.8) is 0 Å². The van der Waals surface area contributed by atoms with Gasteiger partial charge in [-0.15, -0.1) is 11.3 Å². The number of carbonyl (C=O) groups is 1. The van der Waals surface area contributed by atoms with Gasteiger partial charge in [0, 0.05) is 31.1 Å². The molecule has 1 aliphatic rings. The zero-order valence-electron chi connectivity index (χ0n) is 16.8. The molecule has 3 heterocycles. The molecule has 4 rings (SSSR count). The van der Waals surface area contributed by atoms with Crippen LogP contribution in [0.15, 0.2) is 52.0 Å². The average molecular weight is 486 g/mol. The summed E-state index contributed by atoms with van der Waals surface area (Å²) in [6, 6.07) is 6.86. The van der Waals surface area contributed by atoms with Crippen molar-refractivity contribution >= 4 is 27.3 Å². The summed E-state index contributed by atoms with van der Waals surface area (Å²) in [5, 5.41) is 0.583. The van der Waals surface area contributed by atoms with Crippen molar-refractivity contribution in [1.82, 2.24) is 14.2 Å². The molecule has 0 unspecified atom stereocenters. The van der Waals surface area contributed by atoms with E-state index in [1.807, 2.05) is 0 Å². The van der Waals surface area contributed by atoms with E-state index in [0.717, 1.165) is 29.1 Å². The summed E-state index contributed by atoms with van der Waals surface area (Å²) in [4.78, 5) is 19.3. The van der Waals surface area contributed by atoms with Crippen LogP contribution in [0, 0.1) is 6.92 Å². The molecule has 1 fully saturated rings. The monoisotopic (exact) mass is 485 g/mol. The highest BCUT2D eigenvalue weighted by molar-refractivity contribution is 7.89. The van der Waals surface area contributed by atoms with Gasteiger partial charge in [-0.05, 0) is 43.3 Å². The Balaban J connectivity index is 1.44. The summed E-state index contributed by atoms with van der Waals surface area (Å²) in [7, 11) is -3.97. The van der Waals surface area contributed by atoms with E-state index in [4.69, 9.17) is 4.42 Å². The van der Waals surface area contributed by atoms with E-state index in [0.29, 0.717) is 16.5 Å². The Morgan fingerprint density at radius 2 is 1.75 bits per heavy atom. The molecule has 3 aromatic rings. The van der Waals surface area contributed by atoms with Crippen molar-refractivity contribution < 1.29 is 30.8 Å². The number of amides is 1. The van der Waals surface area contributed by atoms with Crippen LogP contribution in [0.2, 0.25) is 0 Å². The Hall–Kier alpha value is -2.70. The van der Waals surface area contributed by atoms with Crippen LogP contribution in [-0.4, -0.2) is 54.7 Å². The van der Waals surface area contributed by atoms with Crippen molar-refractivity contribution in [3.05, 3.63) is 58.8 Å². The van der Waals surface area contributed by atoms with E-state index in [2.05, 4.69) is 4.98 Å². The van der Waals surface area contributed by atoms with Crippen molar-refractivity contribution in [3.8, 4) is 10.8 Å². The molecule has 0 aliphatic carbocycles. The highest BCUT2D eigenvalue weighted by atomic mass is 32.2. The second kappa shape index (κ2) is 8.34. The van der Waals surface area contributed by atoms with Crippen LogP contribution in [0.1, 0.15) is 20.9 Å². The molecule has 0 N–H and O–H groups in total. The molecular weight excluding hydrogens is 467 g/mol. The summed E-state index contributed by atoms with van der Waals surface area (Å²) in [6.45, 7) is 2.13. The standard InChI is InChI=1S/C20H18F3N3O4S2/c1-13-17(24-18(31-13)16-3-2-12-30-16)19(27)25-8-10-26(11-9-25)32(28,29)15-6-4-14(5-7-15)20(21,22)23/h2-7,12H,8-11H2,1H3. The molecule has 0 saturated carbocycles. The van der Waals surface area contributed by atoms with Crippen LogP contribution >= 0.6 is 11.3 Å². The molecule has 7 nitrogen and oxygen atoms in total. The van der Waals surface area contributed by atoms with E-state index in [1.54, 1.807) is 19.1 Å². The first-order chi connectivity index (χ1) is 15.1. The Morgan fingerprint density at radius 3 is 2.31 bits per heavy atom. The molecule has 12 heteroatoms. The predicted molar refractivity (Wildman–Crippen MR) is 111 cm³/mol. The molecule has 1 aromatic carbocycles. The summed E-state index contributed by atoms with van der Waals surface area (Å²) in [6.07, 6.45) is -3.03. The number of nitrogens with zero attached hydrogens (tertiary/aromatic N) is 3. The van der Waals surface area contributed by atoms with Gasteiger partial charge >= 0.3 is 6.18 Å². The quantitative estimate of drug-likeness (QED) is 0.560. The molecular formula is C20H18F3N3O4S2. The van der Waals surface area contributed by atoms with Crippen molar-refractivity contribution in [2.75, 3.05) is 26.2 Å². The van der Waals surface area contributed by atoms with Crippen LogP contribution < -0.4 is 0 Å².